The van der Waals surface area contributed by atoms with Crippen LogP contribution < -0.4 is 10.6 Å². The predicted molar refractivity (Wildman–Crippen MR) is 91.4 cm³/mol. The van der Waals surface area contributed by atoms with Gasteiger partial charge in [-0.25, -0.2) is 0 Å². The molecule has 0 aliphatic carbocycles. The van der Waals surface area contributed by atoms with E-state index in [1.165, 1.54) is 12.8 Å². The topological polar surface area (TPSA) is 73.7 Å². The first-order valence-corrected chi connectivity index (χ1v) is 8.06. The molecule has 0 spiro atoms. The Labute approximate surface area is 132 Å². The minimum atomic E-state index is 0.446. The molecule has 0 fully saturated rings. The van der Waals surface area contributed by atoms with E-state index in [4.69, 9.17) is 30.2 Å². The van der Waals surface area contributed by atoms with Gasteiger partial charge in [-0.2, -0.15) is 4.98 Å². The Morgan fingerprint density at radius 3 is 1.95 bits per heavy atom. The summed E-state index contributed by atoms with van der Waals surface area (Å²) >= 11 is 10.1. The largest absolute Gasteiger partial charge is 0.342 e. The van der Waals surface area contributed by atoms with Crippen LogP contribution in [0, 0.1) is 9.54 Å². The molecule has 1 aromatic heterocycles. The number of aromatic nitrogens is 3. The van der Waals surface area contributed by atoms with Gasteiger partial charge >= 0.3 is 0 Å². The van der Waals surface area contributed by atoms with Crippen molar-refractivity contribution < 1.29 is 0 Å². The standard InChI is InChI=1S/C11H20N4S2.C2H7N/c1-3-5-7-15(8-6-4-2)9-12-10(16)14-11(17)13-9;1-2-3/h3-8H2,1-2H3,(H2,12,13,14,16,17);2-3H2,1H3. The van der Waals surface area contributed by atoms with Crippen molar-refractivity contribution in [3.63, 3.8) is 0 Å². The lowest BCUT2D eigenvalue weighted by Gasteiger charge is -2.22. The number of nitrogens with two attached hydrogens (primary N) is 1. The van der Waals surface area contributed by atoms with Crippen LogP contribution in [0.25, 0.3) is 0 Å². The van der Waals surface area contributed by atoms with Crippen LogP contribution in [0.4, 0.5) is 5.95 Å². The Balaban J connectivity index is 0.00000110. The summed E-state index contributed by atoms with van der Waals surface area (Å²) < 4.78 is 0.986. The molecule has 1 heterocycles. The molecule has 7 heteroatoms. The fourth-order valence-corrected chi connectivity index (χ4v) is 1.99. The molecule has 0 aliphatic rings. The molecule has 0 aromatic carbocycles. The average molecular weight is 318 g/mol. The zero-order chi connectivity index (χ0) is 15.4. The third kappa shape index (κ3) is 8.39. The van der Waals surface area contributed by atoms with Gasteiger partial charge < -0.3 is 20.6 Å². The normalized spacial score (nSPS) is 9.80. The quantitative estimate of drug-likeness (QED) is 0.670. The molecule has 20 heavy (non-hydrogen) atoms. The Morgan fingerprint density at radius 1 is 1.05 bits per heavy atom. The zero-order valence-electron chi connectivity index (χ0n) is 12.7. The van der Waals surface area contributed by atoms with Crippen molar-refractivity contribution in [1.82, 2.24) is 15.0 Å². The van der Waals surface area contributed by atoms with Gasteiger partial charge in [-0.3, -0.25) is 0 Å². The summed E-state index contributed by atoms with van der Waals surface area (Å²) in [4.78, 5) is 12.4. The highest BCUT2D eigenvalue weighted by Crippen LogP contribution is 2.09. The molecule has 0 atom stereocenters. The molecular weight excluding hydrogens is 290 g/mol. The summed E-state index contributed by atoms with van der Waals surface area (Å²) in [5, 5.41) is 0. The van der Waals surface area contributed by atoms with E-state index >= 15 is 0 Å². The predicted octanol–water partition coefficient (Wildman–Crippen LogP) is 3.57. The summed E-state index contributed by atoms with van der Waals surface area (Å²) in [5.74, 6) is 0.792. The number of hydrogen-bond donors (Lipinski definition) is 3. The van der Waals surface area contributed by atoms with Gasteiger partial charge in [0.1, 0.15) is 0 Å². The number of rotatable bonds is 7. The van der Waals surface area contributed by atoms with Crippen molar-refractivity contribution in [3.05, 3.63) is 9.54 Å². The Kier molecular flexibility index (Phi) is 11.5. The summed E-state index contributed by atoms with van der Waals surface area (Å²) in [6.07, 6.45) is 4.64. The summed E-state index contributed by atoms with van der Waals surface area (Å²) in [6.45, 7) is 9.01. The number of nitrogens with zero attached hydrogens (tertiary/aromatic N) is 2. The van der Waals surface area contributed by atoms with Gasteiger partial charge in [-0.15, -0.1) is 0 Å². The molecule has 1 rings (SSSR count). The van der Waals surface area contributed by atoms with Crippen LogP contribution in [-0.2, 0) is 0 Å². The first-order chi connectivity index (χ1) is 9.58. The van der Waals surface area contributed by atoms with Gasteiger partial charge in [-0.1, -0.05) is 33.6 Å². The van der Waals surface area contributed by atoms with Gasteiger partial charge in [0.05, 0.1) is 0 Å². The van der Waals surface area contributed by atoms with Gasteiger partial charge in [0, 0.05) is 13.1 Å². The van der Waals surface area contributed by atoms with E-state index in [9.17, 15) is 0 Å². The van der Waals surface area contributed by atoms with Crippen LogP contribution in [0.2, 0.25) is 0 Å². The van der Waals surface area contributed by atoms with Crippen LogP contribution in [-0.4, -0.2) is 34.6 Å². The molecule has 4 N–H and O–H groups in total. The van der Waals surface area contributed by atoms with Gasteiger partial charge in [0.25, 0.3) is 0 Å². The second-order valence-corrected chi connectivity index (χ2v) is 5.22. The summed E-state index contributed by atoms with van der Waals surface area (Å²) in [7, 11) is 0. The van der Waals surface area contributed by atoms with Crippen molar-refractivity contribution >= 4 is 30.4 Å². The van der Waals surface area contributed by atoms with Crippen molar-refractivity contribution in [3.8, 4) is 0 Å². The summed E-state index contributed by atoms with van der Waals surface area (Å²) in [6, 6.07) is 0. The number of unbranched alkanes of at least 4 members (excludes halogenated alkanes) is 2. The fraction of sp³-hybridized carbons (Fsp3) is 0.769. The van der Waals surface area contributed by atoms with E-state index in [1.54, 1.807) is 0 Å². The lowest BCUT2D eigenvalue weighted by atomic mass is 10.3. The van der Waals surface area contributed by atoms with Crippen LogP contribution in [0.3, 0.4) is 0 Å². The van der Waals surface area contributed by atoms with Crippen molar-refractivity contribution in [2.45, 2.75) is 46.5 Å². The van der Waals surface area contributed by atoms with Crippen LogP contribution in [0.5, 0.6) is 0 Å². The number of H-pyrrole nitrogens is 2. The molecule has 0 saturated carbocycles. The average Bonchev–Trinajstić information content (AvgIpc) is 2.38. The first kappa shape index (κ1) is 19.2. The number of nitrogens with one attached hydrogen (secondary N) is 2. The highest BCUT2D eigenvalue weighted by molar-refractivity contribution is 7.71. The molecule has 0 aliphatic heterocycles. The van der Waals surface area contributed by atoms with Crippen molar-refractivity contribution in [2.75, 3.05) is 24.5 Å². The van der Waals surface area contributed by atoms with E-state index in [1.807, 2.05) is 6.92 Å². The van der Waals surface area contributed by atoms with Crippen LogP contribution in [0.1, 0.15) is 46.5 Å². The SMILES string of the molecule is CCCCN(CCCC)c1nc(=S)[nH]c(=S)[nH]1.CCN. The van der Waals surface area contributed by atoms with Crippen molar-refractivity contribution in [2.24, 2.45) is 5.73 Å². The molecule has 5 nitrogen and oxygen atoms in total. The maximum absolute atomic E-state index is 5.09. The molecule has 1 aromatic rings. The second kappa shape index (κ2) is 12.0. The smallest absolute Gasteiger partial charge is 0.207 e. The highest BCUT2D eigenvalue weighted by atomic mass is 32.1. The molecule has 0 unspecified atom stereocenters. The van der Waals surface area contributed by atoms with Crippen LogP contribution in [0.15, 0.2) is 0 Å². The zero-order valence-corrected chi connectivity index (χ0v) is 14.4. The van der Waals surface area contributed by atoms with Crippen LogP contribution >= 0.6 is 24.4 Å². The molecular formula is C13H27N5S2. The summed E-state index contributed by atoms with van der Waals surface area (Å²) in [5.41, 5.74) is 4.85. The van der Waals surface area contributed by atoms with Gasteiger partial charge in [0.15, 0.2) is 4.77 Å². The van der Waals surface area contributed by atoms with Gasteiger partial charge in [0.2, 0.25) is 10.7 Å². The number of aromatic amines is 2. The lowest BCUT2D eigenvalue weighted by Crippen LogP contribution is -2.27. The molecule has 0 amide bonds. The van der Waals surface area contributed by atoms with E-state index in [0.29, 0.717) is 9.54 Å². The second-order valence-electron chi connectivity index (χ2n) is 4.42. The Hall–Kier alpha value is -0.790. The van der Waals surface area contributed by atoms with Gasteiger partial charge in [-0.05, 0) is 43.8 Å². The third-order valence-corrected chi connectivity index (χ3v) is 2.91. The van der Waals surface area contributed by atoms with E-state index in [-0.39, 0.29) is 0 Å². The molecule has 0 radical (unpaired) electrons. The van der Waals surface area contributed by atoms with E-state index in [0.717, 1.165) is 38.4 Å². The first-order valence-electron chi connectivity index (χ1n) is 7.24. The highest BCUT2D eigenvalue weighted by Gasteiger charge is 2.07. The Bertz CT molecular complexity index is 418. The monoisotopic (exact) mass is 317 g/mol. The molecule has 0 saturated heterocycles. The minimum absolute atomic E-state index is 0.446. The molecule has 116 valence electrons. The van der Waals surface area contributed by atoms with E-state index < -0.39 is 0 Å². The Morgan fingerprint density at radius 2 is 1.55 bits per heavy atom. The number of hydrogen-bond acceptors (Lipinski definition) is 5. The lowest BCUT2D eigenvalue weighted by molar-refractivity contribution is 0.659. The third-order valence-electron chi connectivity index (χ3n) is 2.52. The van der Waals surface area contributed by atoms with E-state index in [2.05, 4.69) is 33.7 Å². The maximum Gasteiger partial charge on any atom is 0.207 e. The molecule has 0 bridgehead atoms. The number of anilines is 1. The van der Waals surface area contributed by atoms with Crippen molar-refractivity contribution in [1.29, 1.82) is 0 Å². The fourth-order valence-electron chi connectivity index (χ4n) is 1.55. The minimum Gasteiger partial charge on any atom is -0.342 e. The maximum atomic E-state index is 5.09.